The Labute approximate surface area is 196 Å². The summed E-state index contributed by atoms with van der Waals surface area (Å²) in [6.45, 7) is 1.38. The van der Waals surface area contributed by atoms with Gasteiger partial charge >= 0.3 is 0 Å². The number of fused-ring (bicyclic) bond motifs is 2. The van der Waals surface area contributed by atoms with Gasteiger partial charge in [0.1, 0.15) is 11.4 Å². The smallest absolute Gasteiger partial charge is 0.123 e. The van der Waals surface area contributed by atoms with Gasteiger partial charge in [-0.15, -0.1) is 0 Å². The highest BCUT2D eigenvalue weighted by Crippen LogP contribution is 2.45. The summed E-state index contributed by atoms with van der Waals surface area (Å²) in [4.78, 5) is 7.46. The lowest BCUT2D eigenvalue weighted by Crippen LogP contribution is -2.37. The third-order valence-corrected chi connectivity index (χ3v) is 7.84. The quantitative estimate of drug-likeness (QED) is 0.573. The Morgan fingerprint density at radius 2 is 1.97 bits per heavy atom. The lowest BCUT2D eigenvalue weighted by molar-refractivity contribution is -0.0136. The van der Waals surface area contributed by atoms with E-state index in [0.29, 0.717) is 18.2 Å². The molecule has 0 saturated heterocycles. The van der Waals surface area contributed by atoms with Crippen LogP contribution in [0.15, 0.2) is 47.5 Å². The van der Waals surface area contributed by atoms with Gasteiger partial charge in [0.15, 0.2) is 0 Å². The summed E-state index contributed by atoms with van der Waals surface area (Å²) in [6, 6.07) is 15.2. The van der Waals surface area contributed by atoms with Crippen LogP contribution in [0.1, 0.15) is 73.6 Å². The number of aliphatic imine (C=N–C) groups is 1. The first-order valence-corrected chi connectivity index (χ1v) is 12.3. The molecule has 0 bridgehead atoms. The number of rotatable bonds is 5. The van der Waals surface area contributed by atoms with Crippen LogP contribution in [0.25, 0.3) is 0 Å². The van der Waals surface area contributed by atoms with Gasteiger partial charge in [0.2, 0.25) is 0 Å². The van der Waals surface area contributed by atoms with Crippen LogP contribution in [-0.2, 0) is 16.9 Å². The molecule has 4 nitrogen and oxygen atoms in total. The van der Waals surface area contributed by atoms with E-state index >= 15 is 0 Å². The molecule has 3 unspecified atom stereocenters. The van der Waals surface area contributed by atoms with Crippen molar-refractivity contribution in [3.63, 3.8) is 0 Å². The van der Waals surface area contributed by atoms with Crippen LogP contribution in [0.5, 0.6) is 0 Å². The highest BCUT2D eigenvalue weighted by Gasteiger charge is 2.41. The van der Waals surface area contributed by atoms with E-state index in [1.807, 2.05) is 30.3 Å². The molecule has 0 amide bonds. The summed E-state index contributed by atoms with van der Waals surface area (Å²) in [5.41, 5.74) is 3.14. The number of nitriles is 1. The van der Waals surface area contributed by atoms with E-state index in [1.54, 1.807) is 0 Å². The first kappa shape index (κ1) is 22.1. The van der Waals surface area contributed by atoms with Gasteiger partial charge in [0.05, 0.1) is 30.1 Å². The molecule has 0 radical (unpaired) electrons. The van der Waals surface area contributed by atoms with Gasteiger partial charge in [0, 0.05) is 20.0 Å². The van der Waals surface area contributed by atoms with Crippen LogP contribution in [0, 0.1) is 23.1 Å². The molecule has 1 saturated carbocycles. The maximum Gasteiger partial charge on any atom is 0.123 e. The molecule has 3 atom stereocenters. The molecule has 1 fully saturated rings. The third kappa shape index (κ3) is 4.29. The summed E-state index contributed by atoms with van der Waals surface area (Å²) in [6.07, 6.45) is 9.33. The highest BCUT2D eigenvalue weighted by atomic mass is 19.1. The summed E-state index contributed by atoms with van der Waals surface area (Å²) < 4.78 is 20.1. The van der Waals surface area contributed by atoms with E-state index in [2.05, 4.69) is 18.0 Å². The molecule has 2 aromatic rings. The largest absolute Gasteiger partial charge is 0.363 e. The van der Waals surface area contributed by atoms with Gasteiger partial charge in [-0.3, -0.25) is 4.99 Å². The summed E-state index contributed by atoms with van der Waals surface area (Å²) >= 11 is 0. The monoisotopic (exact) mass is 445 g/mol. The molecular formula is C28H32FN3O. The van der Waals surface area contributed by atoms with Crippen LogP contribution in [0.3, 0.4) is 0 Å². The highest BCUT2D eigenvalue weighted by molar-refractivity contribution is 5.82. The molecule has 5 heteroatoms. The maximum atomic E-state index is 13.7. The van der Waals surface area contributed by atoms with E-state index in [1.165, 1.54) is 50.1 Å². The van der Waals surface area contributed by atoms with Crippen molar-refractivity contribution in [1.82, 2.24) is 4.90 Å². The van der Waals surface area contributed by atoms with Crippen molar-refractivity contribution < 1.29 is 9.13 Å². The number of ether oxygens (including phenoxy) is 1. The fourth-order valence-electron chi connectivity index (χ4n) is 6.01. The number of halogens is 1. The van der Waals surface area contributed by atoms with Crippen molar-refractivity contribution in [2.75, 3.05) is 13.6 Å². The molecular weight excluding hydrogens is 413 g/mol. The molecule has 3 aliphatic rings. The second kappa shape index (κ2) is 9.27. The predicted octanol–water partition coefficient (Wildman–Crippen LogP) is 5.93. The zero-order chi connectivity index (χ0) is 22.8. The lowest BCUT2D eigenvalue weighted by Gasteiger charge is -2.36. The first-order valence-electron chi connectivity index (χ1n) is 12.3. The molecule has 172 valence electrons. The Morgan fingerprint density at radius 1 is 1.15 bits per heavy atom. The van der Waals surface area contributed by atoms with Gasteiger partial charge in [-0.05, 0) is 79.0 Å². The van der Waals surface area contributed by atoms with E-state index in [-0.39, 0.29) is 5.82 Å². The average molecular weight is 446 g/mol. The predicted molar refractivity (Wildman–Crippen MR) is 127 cm³/mol. The second-order valence-electron chi connectivity index (χ2n) is 9.83. The fraction of sp³-hybridized carbons (Fsp3) is 0.500. The Hall–Kier alpha value is -2.71. The first-order chi connectivity index (χ1) is 16.1. The van der Waals surface area contributed by atoms with Gasteiger partial charge in [0.25, 0.3) is 0 Å². The normalized spacial score (nSPS) is 26.2. The van der Waals surface area contributed by atoms with Crippen LogP contribution < -0.4 is 0 Å². The minimum Gasteiger partial charge on any atom is -0.363 e. The Balaban J connectivity index is 1.34. The summed E-state index contributed by atoms with van der Waals surface area (Å²) in [7, 11) is 2.16. The molecule has 2 aliphatic heterocycles. The van der Waals surface area contributed by atoms with Crippen molar-refractivity contribution >= 4 is 5.84 Å². The molecule has 0 N–H and O–H groups in total. The topological polar surface area (TPSA) is 48.6 Å². The SMILES string of the molecule is CN(CCCC1(c2ccc(F)cc2)OCc2cc(C#N)ccc21)C1=NC2CCCCC2CC1. The lowest BCUT2D eigenvalue weighted by atomic mass is 9.80. The number of nitrogens with zero attached hydrogens (tertiary/aromatic N) is 3. The molecule has 2 heterocycles. The van der Waals surface area contributed by atoms with Crippen molar-refractivity contribution in [2.24, 2.45) is 10.9 Å². The Bertz CT molecular complexity index is 1070. The molecule has 33 heavy (non-hydrogen) atoms. The summed E-state index contributed by atoms with van der Waals surface area (Å²) in [5, 5.41) is 9.30. The Morgan fingerprint density at radius 3 is 2.79 bits per heavy atom. The average Bonchev–Trinajstić information content (AvgIpc) is 3.22. The van der Waals surface area contributed by atoms with E-state index in [0.717, 1.165) is 48.4 Å². The van der Waals surface area contributed by atoms with Gasteiger partial charge in [-0.25, -0.2) is 4.39 Å². The number of benzene rings is 2. The van der Waals surface area contributed by atoms with E-state index < -0.39 is 5.60 Å². The number of hydrogen-bond donors (Lipinski definition) is 0. The minimum absolute atomic E-state index is 0.247. The Kier molecular flexibility index (Phi) is 6.21. The molecule has 0 aromatic heterocycles. The third-order valence-electron chi connectivity index (χ3n) is 7.84. The molecule has 2 aromatic carbocycles. The van der Waals surface area contributed by atoms with E-state index in [4.69, 9.17) is 9.73 Å². The zero-order valence-electron chi connectivity index (χ0n) is 19.4. The van der Waals surface area contributed by atoms with Gasteiger partial charge < -0.3 is 9.64 Å². The maximum absolute atomic E-state index is 13.7. The molecule has 0 spiro atoms. The zero-order valence-corrected chi connectivity index (χ0v) is 19.4. The van der Waals surface area contributed by atoms with Crippen LogP contribution in [0.2, 0.25) is 0 Å². The van der Waals surface area contributed by atoms with Gasteiger partial charge in [-0.2, -0.15) is 5.26 Å². The second-order valence-corrected chi connectivity index (χ2v) is 9.83. The van der Waals surface area contributed by atoms with Crippen LogP contribution in [0.4, 0.5) is 4.39 Å². The summed E-state index contributed by atoms with van der Waals surface area (Å²) in [5.74, 6) is 1.79. The number of hydrogen-bond acceptors (Lipinski definition) is 4. The van der Waals surface area contributed by atoms with Crippen molar-refractivity contribution in [2.45, 2.75) is 69.6 Å². The fourth-order valence-corrected chi connectivity index (χ4v) is 6.01. The van der Waals surface area contributed by atoms with Crippen LogP contribution >= 0.6 is 0 Å². The molecule has 1 aliphatic carbocycles. The van der Waals surface area contributed by atoms with Gasteiger partial charge in [-0.1, -0.05) is 31.0 Å². The van der Waals surface area contributed by atoms with Crippen LogP contribution in [-0.4, -0.2) is 30.4 Å². The standard InChI is InChI=1S/C28H32FN3O/c1-32(27-14-8-21-5-2-3-6-26(21)31-27)16-4-15-28(23-9-11-24(29)12-10-23)25-13-7-20(18-30)17-22(25)19-33-28/h7,9-13,17,21,26H,2-6,8,14-16,19H2,1H3. The van der Waals surface area contributed by atoms with Crippen molar-refractivity contribution in [1.29, 1.82) is 5.26 Å². The van der Waals surface area contributed by atoms with Crippen molar-refractivity contribution in [3.8, 4) is 6.07 Å². The van der Waals surface area contributed by atoms with E-state index in [9.17, 15) is 9.65 Å². The molecule has 5 rings (SSSR count). The van der Waals surface area contributed by atoms with Crippen molar-refractivity contribution in [3.05, 3.63) is 70.5 Å². The number of amidine groups is 1. The minimum atomic E-state index is -0.610.